The Hall–Kier alpha value is -1.55. The lowest BCUT2D eigenvalue weighted by Gasteiger charge is -2.30. The second kappa shape index (κ2) is 7.56. The first-order valence-corrected chi connectivity index (χ1v) is 9.14. The molecule has 2 fully saturated rings. The average Bonchev–Trinajstić information content (AvgIpc) is 3.33. The number of hydrogen-bond acceptors (Lipinski definition) is 3. The zero-order chi connectivity index (χ0) is 17.1. The van der Waals surface area contributed by atoms with Crippen LogP contribution in [-0.4, -0.2) is 29.9 Å². The standard InChI is InChI=1S/C20H28O4/c1-13(2)24-18-5-3-4-15(10-18)14-6-8-17(9-7-14)23-12-16-11-19(16)20(21)22/h6-9,13,15-16,18-19H,3-5,10-12H2,1-2H3,(H,21,22)/t15?,16-,18?,19+/m1/s1. The van der Waals surface area contributed by atoms with Gasteiger partial charge < -0.3 is 14.6 Å². The molecule has 0 radical (unpaired) electrons. The number of ether oxygens (including phenoxy) is 2. The molecule has 2 aliphatic rings. The highest BCUT2D eigenvalue weighted by Gasteiger charge is 2.43. The molecule has 4 nitrogen and oxygen atoms in total. The van der Waals surface area contributed by atoms with Gasteiger partial charge in [0, 0.05) is 5.92 Å². The second-order valence-corrected chi connectivity index (χ2v) is 7.49. The Balaban J connectivity index is 1.50. The molecule has 0 aromatic heterocycles. The molecule has 0 aliphatic heterocycles. The lowest BCUT2D eigenvalue weighted by atomic mass is 9.82. The maximum atomic E-state index is 10.8. The third-order valence-corrected chi connectivity index (χ3v) is 5.15. The molecule has 0 spiro atoms. The van der Waals surface area contributed by atoms with E-state index < -0.39 is 5.97 Å². The Labute approximate surface area is 144 Å². The summed E-state index contributed by atoms with van der Waals surface area (Å²) in [6, 6.07) is 8.33. The number of hydrogen-bond donors (Lipinski definition) is 1. The molecule has 0 amide bonds. The van der Waals surface area contributed by atoms with Crippen molar-refractivity contribution in [2.24, 2.45) is 11.8 Å². The maximum Gasteiger partial charge on any atom is 0.306 e. The van der Waals surface area contributed by atoms with Crippen LogP contribution in [-0.2, 0) is 9.53 Å². The summed E-state index contributed by atoms with van der Waals surface area (Å²) < 4.78 is 11.7. The number of carbonyl (C=O) groups is 1. The van der Waals surface area contributed by atoms with Crippen molar-refractivity contribution >= 4 is 5.97 Å². The molecule has 0 heterocycles. The van der Waals surface area contributed by atoms with Crippen LogP contribution in [0.5, 0.6) is 5.75 Å². The Kier molecular flexibility index (Phi) is 5.44. The summed E-state index contributed by atoms with van der Waals surface area (Å²) in [6.07, 6.45) is 6.12. The fourth-order valence-electron chi connectivity index (χ4n) is 3.73. The van der Waals surface area contributed by atoms with Crippen molar-refractivity contribution in [3.63, 3.8) is 0 Å². The fraction of sp³-hybridized carbons (Fsp3) is 0.650. The summed E-state index contributed by atoms with van der Waals surface area (Å²) >= 11 is 0. The summed E-state index contributed by atoms with van der Waals surface area (Å²) in [7, 11) is 0. The maximum absolute atomic E-state index is 10.8. The van der Waals surface area contributed by atoms with Crippen molar-refractivity contribution in [3.8, 4) is 5.75 Å². The van der Waals surface area contributed by atoms with Crippen molar-refractivity contribution in [1.29, 1.82) is 0 Å². The topological polar surface area (TPSA) is 55.8 Å². The van der Waals surface area contributed by atoms with Crippen LogP contribution in [0.1, 0.15) is 57.4 Å². The van der Waals surface area contributed by atoms with Gasteiger partial charge in [-0.05, 0) is 63.1 Å². The third-order valence-electron chi connectivity index (χ3n) is 5.15. The minimum atomic E-state index is -0.700. The van der Waals surface area contributed by atoms with E-state index in [1.54, 1.807) is 0 Å². The number of carboxylic acid groups (broad SMARTS) is 1. The summed E-state index contributed by atoms with van der Waals surface area (Å²) in [4.78, 5) is 10.8. The van der Waals surface area contributed by atoms with Crippen molar-refractivity contribution < 1.29 is 19.4 Å². The minimum Gasteiger partial charge on any atom is -0.493 e. The van der Waals surface area contributed by atoms with Gasteiger partial charge in [0.25, 0.3) is 0 Å². The summed E-state index contributed by atoms with van der Waals surface area (Å²) in [5.74, 6) is 0.672. The summed E-state index contributed by atoms with van der Waals surface area (Å²) in [5, 5.41) is 8.91. The van der Waals surface area contributed by atoms with E-state index in [-0.39, 0.29) is 11.8 Å². The third kappa shape index (κ3) is 4.50. The Morgan fingerprint density at radius 1 is 1.21 bits per heavy atom. The molecule has 0 bridgehead atoms. The van der Waals surface area contributed by atoms with Gasteiger partial charge in [0.05, 0.1) is 24.7 Å². The Morgan fingerprint density at radius 2 is 1.96 bits per heavy atom. The van der Waals surface area contributed by atoms with Crippen LogP contribution >= 0.6 is 0 Å². The van der Waals surface area contributed by atoms with Crippen LogP contribution in [0, 0.1) is 11.8 Å². The SMILES string of the molecule is CC(C)OC1CCCC(c2ccc(OC[C@H]3C[C@@H]3C(=O)O)cc2)C1. The predicted molar refractivity (Wildman–Crippen MR) is 92.4 cm³/mol. The Bertz CT molecular complexity index is 551. The molecular weight excluding hydrogens is 304 g/mol. The van der Waals surface area contributed by atoms with Gasteiger partial charge in [0.1, 0.15) is 5.75 Å². The van der Waals surface area contributed by atoms with E-state index in [1.165, 1.54) is 24.8 Å². The molecule has 132 valence electrons. The van der Waals surface area contributed by atoms with E-state index in [0.717, 1.165) is 18.6 Å². The van der Waals surface area contributed by atoms with Crippen molar-refractivity contribution in [2.45, 2.75) is 64.1 Å². The fourth-order valence-corrected chi connectivity index (χ4v) is 3.73. The van der Waals surface area contributed by atoms with Gasteiger partial charge >= 0.3 is 5.97 Å². The smallest absolute Gasteiger partial charge is 0.306 e. The molecule has 4 heteroatoms. The molecule has 1 N–H and O–H groups in total. The normalized spacial score (nSPS) is 29.5. The molecule has 2 unspecified atom stereocenters. The average molecular weight is 332 g/mol. The van der Waals surface area contributed by atoms with Crippen molar-refractivity contribution in [1.82, 2.24) is 0 Å². The quantitative estimate of drug-likeness (QED) is 0.811. The number of benzene rings is 1. The predicted octanol–water partition coefficient (Wildman–Crippen LogP) is 4.24. The van der Waals surface area contributed by atoms with Crippen LogP contribution in [0.15, 0.2) is 24.3 Å². The molecule has 2 aliphatic carbocycles. The van der Waals surface area contributed by atoms with Crippen LogP contribution in [0.25, 0.3) is 0 Å². The first kappa shape index (κ1) is 17.3. The molecule has 24 heavy (non-hydrogen) atoms. The van der Waals surface area contributed by atoms with Crippen molar-refractivity contribution in [2.75, 3.05) is 6.61 Å². The molecular formula is C20H28O4. The van der Waals surface area contributed by atoms with Crippen LogP contribution in [0.4, 0.5) is 0 Å². The minimum absolute atomic E-state index is 0.175. The molecule has 0 saturated heterocycles. The van der Waals surface area contributed by atoms with Crippen molar-refractivity contribution in [3.05, 3.63) is 29.8 Å². The number of rotatable bonds is 7. The highest BCUT2D eigenvalue weighted by Crippen LogP contribution is 2.39. The Morgan fingerprint density at radius 3 is 2.58 bits per heavy atom. The lowest BCUT2D eigenvalue weighted by molar-refractivity contribution is -0.138. The van der Waals surface area contributed by atoms with Crippen LogP contribution in [0.2, 0.25) is 0 Å². The van der Waals surface area contributed by atoms with E-state index in [1.807, 2.05) is 12.1 Å². The zero-order valence-corrected chi connectivity index (χ0v) is 14.6. The van der Waals surface area contributed by atoms with Gasteiger partial charge in [-0.3, -0.25) is 4.79 Å². The van der Waals surface area contributed by atoms with Gasteiger partial charge in [-0.15, -0.1) is 0 Å². The van der Waals surface area contributed by atoms with Crippen LogP contribution in [0.3, 0.4) is 0 Å². The summed E-state index contributed by atoms with van der Waals surface area (Å²) in [5.41, 5.74) is 1.36. The van der Waals surface area contributed by atoms with E-state index >= 15 is 0 Å². The molecule has 4 atom stereocenters. The second-order valence-electron chi connectivity index (χ2n) is 7.49. The van der Waals surface area contributed by atoms with Gasteiger partial charge in [-0.1, -0.05) is 18.6 Å². The number of carboxylic acids is 1. The van der Waals surface area contributed by atoms with Gasteiger partial charge in [-0.2, -0.15) is 0 Å². The molecule has 1 aromatic rings. The van der Waals surface area contributed by atoms with E-state index in [4.69, 9.17) is 14.6 Å². The van der Waals surface area contributed by atoms with E-state index in [0.29, 0.717) is 24.7 Å². The first-order valence-electron chi connectivity index (χ1n) is 9.14. The zero-order valence-electron chi connectivity index (χ0n) is 14.6. The molecule has 3 rings (SSSR count). The molecule has 1 aromatic carbocycles. The largest absolute Gasteiger partial charge is 0.493 e. The van der Waals surface area contributed by atoms with E-state index in [9.17, 15) is 4.79 Å². The van der Waals surface area contributed by atoms with Gasteiger partial charge in [-0.25, -0.2) is 0 Å². The summed E-state index contributed by atoms with van der Waals surface area (Å²) in [6.45, 7) is 4.71. The molecule has 2 saturated carbocycles. The highest BCUT2D eigenvalue weighted by molar-refractivity contribution is 5.73. The van der Waals surface area contributed by atoms with Crippen LogP contribution < -0.4 is 4.74 Å². The highest BCUT2D eigenvalue weighted by atomic mass is 16.5. The first-order chi connectivity index (χ1) is 11.5. The van der Waals surface area contributed by atoms with E-state index in [2.05, 4.69) is 26.0 Å². The monoisotopic (exact) mass is 332 g/mol. The lowest BCUT2D eigenvalue weighted by Crippen LogP contribution is -2.24. The van der Waals surface area contributed by atoms with Gasteiger partial charge in [0.2, 0.25) is 0 Å². The number of aliphatic carboxylic acids is 1. The van der Waals surface area contributed by atoms with Gasteiger partial charge in [0.15, 0.2) is 0 Å².